The normalized spacial score (nSPS) is 9.21. The van der Waals surface area contributed by atoms with Crippen molar-refractivity contribution in [1.82, 2.24) is 5.32 Å². The van der Waals surface area contributed by atoms with Gasteiger partial charge in [-0.05, 0) is 6.54 Å². The molecular weight excluding hydrogens is 198 g/mol. The molecule has 0 saturated heterocycles. The summed E-state index contributed by atoms with van der Waals surface area (Å²) in [6, 6.07) is 9.41. The first-order valence-corrected chi connectivity index (χ1v) is 4.63. The Balaban J connectivity index is 0.00000169. The first kappa shape index (κ1) is 13.1. The standard InChI is InChI=1S/C11H15NO.ClH/c1-2-12-9-8-11(13)10-6-4-3-5-7-10;/h3-7,12H,2,8-9H2,1H3;1H. The van der Waals surface area contributed by atoms with Crippen molar-refractivity contribution in [3.05, 3.63) is 35.9 Å². The van der Waals surface area contributed by atoms with Crippen LogP contribution in [0.5, 0.6) is 0 Å². The fourth-order valence-corrected chi connectivity index (χ4v) is 1.15. The van der Waals surface area contributed by atoms with E-state index in [2.05, 4.69) is 5.32 Å². The lowest BCUT2D eigenvalue weighted by molar-refractivity contribution is 0.0983. The van der Waals surface area contributed by atoms with E-state index >= 15 is 0 Å². The maximum absolute atomic E-state index is 11.5. The van der Waals surface area contributed by atoms with Crippen LogP contribution >= 0.6 is 12.4 Å². The van der Waals surface area contributed by atoms with Crippen LogP contribution in [-0.2, 0) is 0 Å². The van der Waals surface area contributed by atoms with Gasteiger partial charge in [0.25, 0.3) is 0 Å². The van der Waals surface area contributed by atoms with Gasteiger partial charge in [-0.3, -0.25) is 4.79 Å². The topological polar surface area (TPSA) is 29.1 Å². The molecule has 0 fully saturated rings. The molecule has 1 aromatic rings. The molecular formula is C11H16ClNO. The zero-order valence-corrected chi connectivity index (χ0v) is 9.14. The van der Waals surface area contributed by atoms with Crippen molar-refractivity contribution in [2.24, 2.45) is 0 Å². The van der Waals surface area contributed by atoms with Crippen molar-refractivity contribution < 1.29 is 4.79 Å². The Morgan fingerprint density at radius 1 is 1.29 bits per heavy atom. The average Bonchev–Trinajstić information content (AvgIpc) is 2.19. The number of Topliss-reactive ketones (excluding diaryl/α,β-unsaturated/α-hetero) is 1. The lowest BCUT2D eigenvalue weighted by Crippen LogP contribution is -2.17. The van der Waals surface area contributed by atoms with Crippen LogP contribution in [-0.4, -0.2) is 18.9 Å². The highest BCUT2D eigenvalue weighted by Gasteiger charge is 2.02. The minimum atomic E-state index is 0. The van der Waals surface area contributed by atoms with Crippen molar-refractivity contribution >= 4 is 18.2 Å². The van der Waals surface area contributed by atoms with Crippen molar-refractivity contribution in [3.63, 3.8) is 0 Å². The summed E-state index contributed by atoms with van der Waals surface area (Å²) in [7, 11) is 0. The molecule has 0 atom stereocenters. The van der Waals surface area contributed by atoms with Gasteiger partial charge < -0.3 is 5.32 Å². The summed E-state index contributed by atoms with van der Waals surface area (Å²) < 4.78 is 0. The summed E-state index contributed by atoms with van der Waals surface area (Å²) >= 11 is 0. The van der Waals surface area contributed by atoms with Gasteiger partial charge in [0.05, 0.1) is 0 Å². The number of rotatable bonds is 5. The Morgan fingerprint density at radius 3 is 2.50 bits per heavy atom. The Morgan fingerprint density at radius 2 is 1.93 bits per heavy atom. The van der Waals surface area contributed by atoms with Crippen LogP contribution in [0.2, 0.25) is 0 Å². The molecule has 1 aromatic carbocycles. The van der Waals surface area contributed by atoms with Gasteiger partial charge in [-0.15, -0.1) is 12.4 Å². The quantitative estimate of drug-likeness (QED) is 0.601. The van der Waals surface area contributed by atoms with E-state index in [4.69, 9.17) is 0 Å². The highest BCUT2D eigenvalue weighted by molar-refractivity contribution is 5.96. The van der Waals surface area contributed by atoms with Crippen LogP contribution in [0.4, 0.5) is 0 Å². The number of hydrogen-bond donors (Lipinski definition) is 1. The maximum Gasteiger partial charge on any atom is 0.164 e. The molecule has 14 heavy (non-hydrogen) atoms. The average molecular weight is 214 g/mol. The van der Waals surface area contributed by atoms with Crippen LogP contribution in [0.15, 0.2) is 30.3 Å². The third-order valence-corrected chi connectivity index (χ3v) is 1.87. The number of benzene rings is 1. The predicted molar refractivity (Wildman–Crippen MR) is 61.2 cm³/mol. The van der Waals surface area contributed by atoms with Gasteiger partial charge in [0.2, 0.25) is 0 Å². The zero-order chi connectivity index (χ0) is 9.52. The fourth-order valence-electron chi connectivity index (χ4n) is 1.15. The lowest BCUT2D eigenvalue weighted by atomic mass is 10.1. The molecule has 0 heterocycles. The van der Waals surface area contributed by atoms with E-state index in [0.29, 0.717) is 6.42 Å². The van der Waals surface area contributed by atoms with E-state index in [-0.39, 0.29) is 18.2 Å². The highest BCUT2D eigenvalue weighted by Crippen LogP contribution is 2.01. The van der Waals surface area contributed by atoms with Crippen LogP contribution in [0.1, 0.15) is 23.7 Å². The molecule has 78 valence electrons. The number of ketones is 1. The predicted octanol–water partition coefficient (Wildman–Crippen LogP) is 2.29. The molecule has 1 N–H and O–H groups in total. The van der Waals surface area contributed by atoms with Crippen LogP contribution < -0.4 is 5.32 Å². The van der Waals surface area contributed by atoms with Gasteiger partial charge in [-0.1, -0.05) is 37.3 Å². The molecule has 1 rings (SSSR count). The fraction of sp³-hybridized carbons (Fsp3) is 0.364. The molecule has 0 aliphatic carbocycles. The Labute approximate surface area is 91.1 Å². The second kappa shape index (κ2) is 7.54. The molecule has 0 aromatic heterocycles. The largest absolute Gasteiger partial charge is 0.317 e. The first-order chi connectivity index (χ1) is 6.34. The van der Waals surface area contributed by atoms with Gasteiger partial charge in [-0.25, -0.2) is 0 Å². The second-order valence-corrected chi connectivity index (χ2v) is 2.89. The number of carbonyl (C=O) groups is 1. The highest BCUT2D eigenvalue weighted by atomic mass is 35.5. The SMILES string of the molecule is CCNCCC(=O)c1ccccc1.Cl. The number of halogens is 1. The summed E-state index contributed by atoms with van der Waals surface area (Å²) in [4.78, 5) is 11.5. The van der Waals surface area contributed by atoms with E-state index in [1.807, 2.05) is 37.3 Å². The van der Waals surface area contributed by atoms with E-state index in [0.717, 1.165) is 18.7 Å². The van der Waals surface area contributed by atoms with Crippen molar-refractivity contribution in [2.45, 2.75) is 13.3 Å². The minimum Gasteiger partial charge on any atom is -0.317 e. The summed E-state index contributed by atoms with van der Waals surface area (Å²) in [5, 5.41) is 3.13. The van der Waals surface area contributed by atoms with Gasteiger partial charge >= 0.3 is 0 Å². The maximum atomic E-state index is 11.5. The number of nitrogens with one attached hydrogen (secondary N) is 1. The smallest absolute Gasteiger partial charge is 0.164 e. The zero-order valence-electron chi connectivity index (χ0n) is 8.32. The van der Waals surface area contributed by atoms with Gasteiger partial charge in [-0.2, -0.15) is 0 Å². The van der Waals surface area contributed by atoms with E-state index in [1.165, 1.54) is 0 Å². The van der Waals surface area contributed by atoms with E-state index in [1.54, 1.807) is 0 Å². The molecule has 0 amide bonds. The van der Waals surface area contributed by atoms with E-state index in [9.17, 15) is 4.79 Å². The van der Waals surface area contributed by atoms with Crippen LogP contribution in [0, 0.1) is 0 Å². The molecule has 0 radical (unpaired) electrons. The Kier molecular flexibility index (Phi) is 7.07. The molecule has 0 aliphatic heterocycles. The third kappa shape index (κ3) is 4.40. The van der Waals surface area contributed by atoms with E-state index < -0.39 is 0 Å². The number of carbonyl (C=O) groups excluding carboxylic acids is 1. The summed E-state index contributed by atoms with van der Waals surface area (Å²) in [5.74, 6) is 0.210. The van der Waals surface area contributed by atoms with Crippen molar-refractivity contribution in [3.8, 4) is 0 Å². The molecule has 0 unspecified atom stereocenters. The molecule has 2 nitrogen and oxygen atoms in total. The van der Waals surface area contributed by atoms with Gasteiger partial charge in [0.1, 0.15) is 0 Å². The third-order valence-electron chi connectivity index (χ3n) is 1.87. The van der Waals surface area contributed by atoms with Crippen LogP contribution in [0.3, 0.4) is 0 Å². The van der Waals surface area contributed by atoms with Crippen molar-refractivity contribution in [2.75, 3.05) is 13.1 Å². The molecule has 0 spiro atoms. The molecule has 3 heteroatoms. The van der Waals surface area contributed by atoms with Gasteiger partial charge in [0, 0.05) is 18.5 Å². The second-order valence-electron chi connectivity index (χ2n) is 2.89. The monoisotopic (exact) mass is 213 g/mol. The molecule has 0 bridgehead atoms. The number of hydrogen-bond acceptors (Lipinski definition) is 2. The van der Waals surface area contributed by atoms with Gasteiger partial charge in [0.15, 0.2) is 5.78 Å². The summed E-state index contributed by atoms with van der Waals surface area (Å²) in [5.41, 5.74) is 0.806. The Bertz CT molecular complexity index is 261. The lowest BCUT2D eigenvalue weighted by Gasteiger charge is -2.00. The Hall–Kier alpha value is -0.860. The minimum absolute atomic E-state index is 0. The van der Waals surface area contributed by atoms with Crippen molar-refractivity contribution in [1.29, 1.82) is 0 Å². The summed E-state index contributed by atoms with van der Waals surface area (Å²) in [6.45, 7) is 3.72. The summed E-state index contributed by atoms with van der Waals surface area (Å²) in [6.07, 6.45) is 0.581. The first-order valence-electron chi connectivity index (χ1n) is 4.63. The molecule has 0 saturated carbocycles. The van der Waals surface area contributed by atoms with Crippen LogP contribution in [0.25, 0.3) is 0 Å². The molecule has 0 aliphatic rings.